The van der Waals surface area contributed by atoms with Gasteiger partial charge in [-0.05, 0) is 42.7 Å². The second-order valence-corrected chi connectivity index (χ2v) is 10.3. The Morgan fingerprint density at radius 2 is 1.57 bits per heavy atom. The molecule has 2 aliphatic rings. The van der Waals surface area contributed by atoms with Gasteiger partial charge in [0.25, 0.3) is 10.0 Å². The zero-order chi connectivity index (χ0) is 27.1. The van der Waals surface area contributed by atoms with Crippen LogP contribution in [-0.4, -0.2) is 75.9 Å². The molecule has 1 heterocycles. The van der Waals surface area contributed by atoms with Crippen molar-refractivity contribution < 1.29 is 41.0 Å². The molecule has 13 heteroatoms. The van der Waals surface area contributed by atoms with Crippen LogP contribution in [0.5, 0.6) is 0 Å². The summed E-state index contributed by atoms with van der Waals surface area (Å²) in [6.07, 6.45) is -3.46. The Morgan fingerprint density at radius 3 is 2.08 bits per heavy atom. The molecule has 0 aromatic heterocycles. The van der Waals surface area contributed by atoms with Gasteiger partial charge in [-0.15, -0.1) is 0 Å². The van der Waals surface area contributed by atoms with Gasteiger partial charge in [-0.25, -0.2) is 13.2 Å². The number of ether oxygens (including phenoxy) is 1. The third-order valence-corrected chi connectivity index (χ3v) is 7.38. The first-order valence-electron chi connectivity index (χ1n) is 11.5. The monoisotopic (exact) mass is 543 g/mol. The predicted molar refractivity (Wildman–Crippen MR) is 129 cm³/mol. The Hall–Kier alpha value is -3.16. The number of anilines is 1. The van der Waals surface area contributed by atoms with Crippen molar-refractivity contribution in [3.05, 3.63) is 60.2 Å². The maximum Gasteiger partial charge on any atom is 0.490 e. The van der Waals surface area contributed by atoms with Crippen LogP contribution >= 0.6 is 0 Å². The molecule has 0 unspecified atom stereocenters. The SMILES string of the molecule is O=C(NCCN1CCOCC1)C1(c2ccc(NS(=O)(=O)c3ccccc3)cc2)CC1.O=C(O)C(F)(F)F. The summed E-state index contributed by atoms with van der Waals surface area (Å²) in [5.74, 6) is -2.71. The minimum Gasteiger partial charge on any atom is -0.475 e. The Labute approximate surface area is 212 Å². The number of carboxylic acid groups (broad SMARTS) is 1. The van der Waals surface area contributed by atoms with Gasteiger partial charge in [0, 0.05) is 31.9 Å². The van der Waals surface area contributed by atoms with Gasteiger partial charge < -0.3 is 15.2 Å². The highest BCUT2D eigenvalue weighted by Gasteiger charge is 2.51. The summed E-state index contributed by atoms with van der Waals surface area (Å²) in [6.45, 7) is 4.75. The molecule has 9 nitrogen and oxygen atoms in total. The lowest BCUT2D eigenvalue weighted by Crippen LogP contribution is -2.43. The molecule has 1 aliphatic heterocycles. The van der Waals surface area contributed by atoms with E-state index in [1.54, 1.807) is 42.5 Å². The summed E-state index contributed by atoms with van der Waals surface area (Å²) >= 11 is 0. The van der Waals surface area contributed by atoms with Crippen LogP contribution in [0.2, 0.25) is 0 Å². The minimum absolute atomic E-state index is 0.0494. The fraction of sp³-hybridized carbons (Fsp3) is 0.417. The van der Waals surface area contributed by atoms with Gasteiger partial charge >= 0.3 is 12.1 Å². The maximum atomic E-state index is 12.8. The van der Waals surface area contributed by atoms with Crippen LogP contribution in [0.4, 0.5) is 18.9 Å². The summed E-state index contributed by atoms with van der Waals surface area (Å²) in [5, 5.41) is 10.2. The largest absolute Gasteiger partial charge is 0.490 e. The number of nitrogens with zero attached hydrogens (tertiary/aromatic N) is 1. The fourth-order valence-electron chi connectivity index (χ4n) is 3.76. The first kappa shape index (κ1) is 28.4. The molecule has 202 valence electrons. The van der Waals surface area contributed by atoms with Gasteiger partial charge in [0.1, 0.15) is 0 Å². The van der Waals surface area contributed by atoms with Gasteiger partial charge in [0.2, 0.25) is 5.91 Å². The second-order valence-electron chi connectivity index (χ2n) is 8.59. The molecule has 37 heavy (non-hydrogen) atoms. The standard InChI is InChI=1S/C22H27N3O4S.C2HF3O2/c26-21(23-12-13-25-14-16-29-17-15-25)22(10-11-22)18-6-8-19(9-7-18)24-30(27,28)20-4-2-1-3-5-20;3-2(4,5)1(6)7/h1-9,24H,10-17H2,(H,23,26);(H,6,7). The van der Waals surface area contributed by atoms with Crippen LogP contribution in [0.25, 0.3) is 0 Å². The van der Waals surface area contributed by atoms with E-state index < -0.39 is 27.6 Å². The molecule has 4 rings (SSSR count). The number of alkyl halides is 3. The number of nitrogens with one attached hydrogen (secondary N) is 2. The molecule has 1 aliphatic carbocycles. The van der Waals surface area contributed by atoms with Crippen LogP contribution in [0.15, 0.2) is 59.5 Å². The third kappa shape index (κ3) is 7.91. The van der Waals surface area contributed by atoms with Crippen LogP contribution < -0.4 is 10.0 Å². The van der Waals surface area contributed by atoms with E-state index in [2.05, 4.69) is 14.9 Å². The van der Waals surface area contributed by atoms with Crippen molar-refractivity contribution in [1.82, 2.24) is 10.2 Å². The molecule has 0 bridgehead atoms. The average molecular weight is 544 g/mol. The summed E-state index contributed by atoms with van der Waals surface area (Å²) < 4.78 is 64.6. The van der Waals surface area contributed by atoms with Gasteiger partial charge in [-0.1, -0.05) is 30.3 Å². The topological polar surface area (TPSA) is 125 Å². The normalized spacial score (nSPS) is 17.2. The van der Waals surface area contributed by atoms with Crippen molar-refractivity contribution >= 4 is 27.6 Å². The van der Waals surface area contributed by atoms with Gasteiger partial charge in [0.05, 0.1) is 23.5 Å². The molecule has 2 aromatic rings. The molecule has 3 N–H and O–H groups in total. The molecular weight excluding hydrogens is 515 g/mol. The van der Waals surface area contributed by atoms with E-state index >= 15 is 0 Å². The highest BCUT2D eigenvalue weighted by molar-refractivity contribution is 7.92. The van der Waals surface area contributed by atoms with Crippen molar-refractivity contribution in [2.75, 3.05) is 44.1 Å². The summed E-state index contributed by atoms with van der Waals surface area (Å²) in [6, 6.07) is 15.4. The smallest absolute Gasteiger partial charge is 0.475 e. The summed E-state index contributed by atoms with van der Waals surface area (Å²) in [7, 11) is -3.63. The zero-order valence-corrected chi connectivity index (χ0v) is 20.6. The first-order chi connectivity index (χ1) is 17.4. The van der Waals surface area contributed by atoms with Gasteiger partial charge in [0.15, 0.2) is 0 Å². The van der Waals surface area contributed by atoms with E-state index in [1.807, 2.05) is 12.1 Å². The van der Waals surface area contributed by atoms with Crippen molar-refractivity contribution in [2.45, 2.75) is 29.3 Å². The molecule has 1 saturated heterocycles. The Bertz CT molecular complexity index is 1160. The third-order valence-electron chi connectivity index (χ3n) is 5.99. The number of carboxylic acids is 1. The Balaban J connectivity index is 0.000000479. The fourth-order valence-corrected chi connectivity index (χ4v) is 4.84. The number of aliphatic carboxylic acids is 1. The van der Waals surface area contributed by atoms with Crippen molar-refractivity contribution in [3.8, 4) is 0 Å². The number of carbonyl (C=O) groups is 2. The van der Waals surface area contributed by atoms with E-state index in [0.717, 1.165) is 51.3 Å². The van der Waals surface area contributed by atoms with Crippen molar-refractivity contribution in [2.24, 2.45) is 0 Å². The summed E-state index contributed by atoms with van der Waals surface area (Å²) in [4.78, 5) is 24.2. The lowest BCUT2D eigenvalue weighted by molar-refractivity contribution is -0.192. The first-order valence-corrected chi connectivity index (χ1v) is 13.0. The number of hydrogen-bond acceptors (Lipinski definition) is 6. The zero-order valence-electron chi connectivity index (χ0n) is 19.8. The Kier molecular flexibility index (Phi) is 9.16. The maximum absolute atomic E-state index is 12.8. The van der Waals surface area contributed by atoms with E-state index in [9.17, 15) is 26.4 Å². The Morgan fingerprint density at radius 1 is 1.00 bits per heavy atom. The highest BCUT2D eigenvalue weighted by atomic mass is 32.2. The van der Waals surface area contributed by atoms with E-state index in [1.165, 1.54) is 0 Å². The molecule has 1 saturated carbocycles. The molecule has 0 spiro atoms. The molecule has 2 aromatic carbocycles. The van der Waals surface area contributed by atoms with Crippen LogP contribution in [-0.2, 0) is 29.8 Å². The van der Waals surface area contributed by atoms with Crippen molar-refractivity contribution in [1.29, 1.82) is 0 Å². The number of amides is 1. The van der Waals surface area contributed by atoms with E-state index in [0.29, 0.717) is 12.2 Å². The molecule has 2 fully saturated rings. The summed E-state index contributed by atoms with van der Waals surface area (Å²) in [5.41, 5.74) is 0.919. The molecular formula is C24H28F3N3O6S. The number of carbonyl (C=O) groups excluding carboxylic acids is 1. The number of benzene rings is 2. The number of hydrogen-bond donors (Lipinski definition) is 3. The second kappa shape index (κ2) is 11.9. The average Bonchev–Trinajstić information content (AvgIpc) is 3.67. The highest BCUT2D eigenvalue weighted by Crippen LogP contribution is 2.48. The van der Waals surface area contributed by atoms with E-state index in [4.69, 9.17) is 14.6 Å². The van der Waals surface area contributed by atoms with Crippen LogP contribution in [0, 0.1) is 0 Å². The molecule has 0 atom stereocenters. The van der Waals surface area contributed by atoms with Crippen molar-refractivity contribution in [3.63, 3.8) is 0 Å². The van der Waals surface area contributed by atoms with E-state index in [-0.39, 0.29) is 10.8 Å². The van der Waals surface area contributed by atoms with Gasteiger partial charge in [-0.3, -0.25) is 14.4 Å². The minimum atomic E-state index is -5.08. The van der Waals surface area contributed by atoms with Crippen LogP contribution in [0.1, 0.15) is 18.4 Å². The number of sulfonamides is 1. The number of halogens is 3. The lowest BCUT2D eigenvalue weighted by atomic mass is 9.95. The quantitative estimate of drug-likeness (QED) is 0.468. The van der Waals surface area contributed by atoms with Gasteiger partial charge in [-0.2, -0.15) is 13.2 Å². The van der Waals surface area contributed by atoms with Crippen LogP contribution in [0.3, 0.4) is 0 Å². The number of rotatable bonds is 8. The molecule has 0 radical (unpaired) electrons. The molecule has 1 amide bonds. The number of morpholine rings is 1. The predicted octanol–water partition coefficient (Wildman–Crippen LogP) is 2.60. The lowest BCUT2D eigenvalue weighted by Gasteiger charge is -2.27.